The lowest BCUT2D eigenvalue weighted by Gasteiger charge is -2.15. The van der Waals surface area contributed by atoms with E-state index in [9.17, 15) is 8.42 Å². The highest BCUT2D eigenvalue weighted by molar-refractivity contribution is 8.13. The van der Waals surface area contributed by atoms with Crippen LogP contribution in [-0.2, 0) is 21.2 Å². The standard InChI is InChI=1S/C12H15ClO4S/c1-2-10-9(8-18(13,14)15)4-5-11-12(10)17-7-3-6-16-11/h4-5H,2-3,6-8H2,1H3. The van der Waals surface area contributed by atoms with E-state index in [2.05, 4.69) is 0 Å². The van der Waals surface area contributed by atoms with E-state index < -0.39 is 9.05 Å². The van der Waals surface area contributed by atoms with Crippen molar-refractivity contribution in [2.45, 2.75) is 25.5 Å². The number of hydrogen-bond donors (Lipinski definition) is 0. The molecule has 2 rings (SSSR count). The van der Waals surface area contributed by atoms with Crippen LogP contribution < -0.4 is 9.47 Å². The van der Waals surface area contributed by atoms with Crippen LogP contribution in [0.4, 0.5) is 0 Å². The predicted molar refractivity (Wildman–Crippen MR) is 69.9 cm³/mol. The minimum absolute atomic E-state index is 0.186. The van der Waals surface area contributed by atoms with E-state index in [1.165, 1.54) is 0 Å². The normalized spacial score (nSPS) is 15.2. The third kappa shape index (κ3) is 3.09. The molecule has 0 saturated carbocycles. The SMILES string of the molecule is CCc1c(CS(=O)(=O)Cl)ccc2c1OCCCO2. The zero-order chi connectivity index (χ0) is 13.2. The maximum absolute atomic E-state index is 11.2. The molecule has 0 spiro atoms. The molecule has 4 nitrogen and oxygen atoms in total. The first-order valence-corrected chi connectivity index (χ1v) is 8.32. The maximum atomic E-state index is 11.2. The van der Waals surface area contributed by atoms with Crippen molar-refractivity contribution in [2.75, 3.05) is 13.2 Å². The van der Waals surface area contributed by atoms with Crippen LogP contribution in [0.25, 0.3) is 0 Å². The third-order valence-electron chi connectivity index (χ3n) is 2.80. The van der Waals surface area contributed by atoms with Gasteiger partial charge in [0.2, 0.25) is 9.05 Å². The highest BCUT2D eigenvalue weighted by Gasteiger charge is 2.19. The maximum Gasteiger partial charge on any atom is 0.236 e. The molecule has 0 unspecified atom stereocenters. The van der Waals surface area contributed by atoms with E-state index in [0.717, 1.165) is 12.0 Å². The van der Waals surface area contributed by atoms with Gasteiger partial charge in [-0.15, -0.1) is 0 Å². The molecule has 1 aromatic rings. The largest absolute Gasteiger partial charge is 0.490 e. The minimum Gasteiger partial charge on any atom is -0.490 e. The van der Waals surface area contributed by atoms with Crippen molar-refractivity contribution in [3.8, 4) is 11.5 Å². The van der Waals surface area contributed by atoms with E-state index in [1.54, 1.807) is 12.1 Å². The molecule has 1 heterocycles. The molecule has 1 aliphatic rings. The lowest BCUT2D eigenvalue weighted by molar-refractivity contribution is 0.296. The molecule has 0 saturated heterocycles. The van der Waals surface area contributed by atoms with E-state index >= 15 is 0 Å². The van der Waals surface area contributed by atoms with Crippen LogP contribution in [0.2, 0.25) is 0 Å². The molecule has 0 fully saturated rings. The van der Waals surface area contributed by atoms with Crippen LogP contribution in [0.15, 0.2) is 12.1 Å². The quantitative estimate of drug-likeness (QED) is 0.803. The van der Waals surface area contributed by atoms with Gasteiger partial charge in [0.15, 0.2) is 11.5 Å². The van der Waals surface area contributed by atoms with Gasteiger partial charge in [-0.05, 0) is 18.1 Å². The summed E-state index contributed by atoms with van der Waals surface area (Å²) in [5.74, 6) is 1.15. The first kappa shape index (κ1) is 13.5. The van der Waals surface area contributed by atoms with Gasteiger partial charge in [-0.25, -0.2) is 8.42 Å². The Morgan fingerprint density at radius 3 is 2.67 bits per heavy atom. The molecule has 6 heteroatoms. The number of fused-ring (bicyclic) bond motifs is 1. The molecule has 0 aliphatic carbocycles. The Hall–Kier alpha value is -0.940. The van der Waals surface area contributed by atoms with Gasteiger partial charge in [-0.2, -0.15) is 0 Å². The van der Waals surface area contributed by atoms with Gasteiger partial charge >= 0.3 is 0 Å². The van der Waals surface area contributed by atoms with Crippen LogP contribution in [0.1, 0.15) is 24.5 Å². The summed E-state index contributed by atoms with van der Waals surface area (Å²) in [6.07, 6.45) is 1.50. The van der Waals surface area contributed by atoms with Gasteiger partial charge in [0.25, 0.3) is 0 Å². The number of ether oxygens (including phenoxy) is 2. The molecular formula is C12H15ClO4S. The molecule has 18 heavy (non-hydrogen) atoms. The van der Waals surface area contributed by atoms with Crippen molar-refractivity contribution in [2.24, 2.45) is 0 Å². The summed E-state index contributed by atoms with van der Waals surface area (Å²) in [5.41, 5.74) is 1.54. The van der Waals surface area contributed by atoms with Crippen molar-refractivity contribution < 1.29 is 17.9 Å². The second kappa shape index (κ2) is 5.36. The van der Waals surface area contributed by atoms with E-state index in [0.29, 0.717) is 36.7 Å². The van der Waals surface area contributed by atoms with Gasteiger partial charge < -0.3 is 9.47 Å². The highest BCUT2D eigenvalue weighted by Crippen LogP contribution is 2.36. The van der Waals surface area contributed by atoms with Gasteiger partial charge in [0.1, 0.15) is 0 Å². The fourth-order valence-corrected chi connectivity index (χ4v) is 3.04. The van der Waals surface area contributed by atoms with Crippen LogP contribution in [-0.4, -0.2) is 21.6 Å². The molecule has 1 aliphatic heterocycles. The molecular weight excluding hydrogens is 276 g/mol. The smallest absolute Gasteiger partial charge is 0.236 e. The monoisotopic (exact) mass is 290 g/mol. The first-order valence-electron chi connectivity index (χ1n) is 5.84. The lowest BCUT2D eigenvalue weighted by Crippen LogP contribution is -2.04. The first-order chi connectivity index (χ1) is 8.51. The number of rotatable bonds is 3. The zero-order valence-electron chi connectivity index (χ0n) is 10.1. The molecule has 0 N–H and O–H groups in total. The van der Waals surface area contributed by atoms with Crippen LogP contribution in [0.5, 0.6) is 11.5 Å². The Morgan fingerprint density at radius 2 is 2.00 bits per heavy atom. The molecule has 0 bridgehead atoms. The number of hydrogen-bond acceptors (Lipinski definition) is 4. The summed E-state index contributed by atoms with van der Waals surface area (Å²) in [5, 5.41) is 0. The fraction of sp³-hybridized carbons (Fsp3) is 0.500. The molecule has 0 radical (unpaired) electrons. The van der Waals surface area contributed by atoms with Gasteiger partial charge in [0.05, 0.1) is 19.0 Å². The molecule has 0 atom stereocenters. The van der Waals surface area contributed by atoms with Crippen molar-refractivity contribution >= 4 is 19.7 Å². The number of benzene rings is 1. The number of halogens is 1. The second-order valence-corrected chi connectivity index (χ2v) is 6.89. The summed E-state index contributed by atoms with van der Waals surface area (Å²) < 4.78 is 33.6. The average molecular weight is 291 g/mol. The fourth-order valence-electron chi connectivity index (χ4n) is 2.04. The Balaban J connectivity index is 2.46. The summed E-state index contributed by atoms with van der Waals surface area (Å²) in [6, 6.07) is 3.49. The lowest BCUT2D eigenvalue weighted by atomic mass is 10.0. The predicted octanol–water partition coefficient (Wildman–Crippen LogP) is 2.48. The van der Waals surface area contributed by atoms with Crippen molar-refractivity contribution in [3.05, 3.63) is 23.3 Å². The molecule has 0 amide bonds. The minimum atomic E-state index is -3.57. The summed E-state index contributed by atoms with van der Waals surface area (Å²) in [4.78, 5) is 0. The van der Waals surface area contributed by atoms with E-state index in [1.807, 2.05) is 6.92 Å². The van der Waals surface area contributed by atoms with Gasteiger partial charge in [0, 0.05) is 22.7 Å². The average Bonchev–Trinajstić information content (AvgIpc) is 2.51. The van der Waals surface area contributed by atoms with Crippen LogP contribution in [0.3, 0.4) is 0 Å². The van der Waals surface area contributed by atoms with Gasteiger partial charge in [-0.1, -0.05) is 13.0 Å². The summed E-state index contributed by atoms with van der Waals surface area (Å²) in [7, 11) is 1.74. The zero-order valence-corrected chi connectivity index (χ0v) is 11.7. The van der Waals surface area contributed by atoms with Crippen LogP contribution >= 0.6 is 10.7 Å². The van der Waals surface area contributed by atoms with E-state index in [4.69, 9.17) is 20.2 Å². The Bertz CT molecular complexity index is 539. The highest BCUT2D eigenvalue weighted by atomic mass is 35.7. The molecule has 100 valence electrons. The molecule has 0 aromatic heterocycles. The summed E-state index contributed by atoms with van der Waals surface area (Å²) in [6.45, 7) is 3.15. The van der Waals surface area contributed by atoms with Gasteiger partial charge in [-0.3, -0.25) is 0 Å². The molecule has 1 aromatic carbocycles. The van der Waals surface area contributed by atoms with Crippen LogP contribution in [0, 0.1) is 0 Å². The third-order valence-corrected chi connectivity index (χ3v) is 3.78. The second-order valence-electron chi connectivity index (χ2n) is 4.12. The van der Waals surface area contributed by atoms with Crippen molar-refractivity contribution in [1.82, 2.24) is 0 Å². The summed E-state index contributed by atoms with van der Waals surface area (Å²) >= 11 is 0. The van der Waals surface area contributed by atoms with Crippen molar-refractivity contribution in [1.29, 1.82) is 0 Å². The Kier molecular flexibility index (Phi) is 4.02. The Labute approximate surface area is 111 Å². The van der Waals surface area contributed by atoms with E-state index in [-0.39, 0.29) is 5.75 Å². The Morgan fingerprint density at radius 1 is 1.28 bits per heavy atom. The topological polar surface area (TPSA) is 52.6 Å². The van der Waals surface area contributed by atoms with Crippen molar-refractivity contribution in [3.63, 3.8) is 0 Å².